The highest BCUT2D eigenvalue weighted by atomic mass is 32.2. The molecule has 0 unspecified atom stereocenters. The fourth-order valence-electron chi connectivity index (χ4n) is 0.843. The highest BCUT2D eigenvalue weighted by molar-refractivity contribution is 7.86. The van der Waals surface area contributed by atoms with E-state index in [1.54, 1.807) is 0 Å². The Hall–Kier alpha value is -0.880. The van der Waals surface area contributed by atoms with E-state index < -0.39 is 10.1 Å². The van der Waals surface area contributed by atoms with Crippen molar-refractivity contribution in [2.45, 2.75) is 18.7 Å². The van der Waals surface area contributed by atoms with Crippen molar-refractivity contribution >= 4 is 10.1 Å². The molecular formula is C5H7NO4S. The molecule has 11 heavy (non-hydrogen) atoms. The van der Waals surface area contributed by atoms with Gasteiger partial charge in [0.15, 0.2) is 10.7 Å². The Morgan fingerprint density at radius 2 is 2.00 bits per heavy atom. The first-order valence-corrected chi connectivity index (χ1v) is 4.27. The van der Waals surface area contributed by atoms with Crippen LogP contribution in [0.25, 0.3) is 0 Å². The summed E-state index contributed by atoms with van der Waals surface area (Å²) in [5, 5.41) is 3.37. The Labute approximate surface area is 63.8 Å². The molecule has 62 valence electrons. The Bertz CT molecular complexity index is 344. The van der Waals surface area contributed by atoms with Crippen molar-refractivity contribution in [3.05, 3.63) is 11.5 Å². The fourth-order valence-corrected chi connectivity index (χ4v) is 1.65. The zero-order valence-corrected chi connectivity index (χ0v) is 6.84. The molecule has 0 aliphatic heterocycles. The summed E-state index contributed by atoms with van der Waals surface area (Å²) in [6.45, 7) is 2.86. The summed E-state index contributed by atoms with van der Waals surface area (Å²) in [6, 6.07) is 0. The van der Waals surface area contributed by atoms with Crippen LogP contribution in [0.1, 0.15) is 11.5 Å². The van der Waals surface area contributed by atoms with Gasteiger partial charge >= 0.3 is 0 Å². The molecule has 0 amide bonds. The van der Waals surface area contributed by atoms with Gasteiger partial charge in [0.25, 0.3) is 10.1 Å². The third-order valence-corrected chi connectivity index (χ3v) is 2.32. The smallest absolute Gasteiger partial charge is 0.299 e. The molecule has 1 aromatic heterocycles. The van der Waals surface area contributed by atoms with Gasteiger partial charge in [-0.25, -0.2) is 0 Å². The van der Waals surface area contributed by atoms with E-state index in [0.29, 0.717) is 0 Å². The van der Waals surface area contributed by atoms with Crippen LogP contribution in [-0.2, 0) is 10.1 Å². The van der Waals surface area contributed by atoms with Gasteiger partial charge in [-0.1, -0.05) is 5.16 Å². The van der Waals surface area contributed by atoms with Gasteiger partial charge in [0.1, 0.15) is 5.69 Å². The van der Waals surface area contributed by atoms with Crippen LogP contribution in [0, 0.1) is 13.8 Å². The third-order valence-electron chi connectivity index (χ3n) is 1.23. The maximum atomic E-state index is 10.6. The molecule has 1 aromatic rings. The third kappa shape index (κ3) is 1.41. The normalized spacial score (nSPS) is 11.9. The van der Waals surface area contributed by atoms with Crippen LogP contribution >= 0.6 is 0 Å². The molecule has 0 fully saturated rings. The van der Waals surface area contributed by atoms with Gasteiger partial charge in [0.05, 0.1) is 0 Å². The van der Waals surface area contributed by atoms with Crippen LogP contribution < -0.4 is 0 Å². The van der Waals surface area contributed by atoms with Crippen molar-refractivity contribution in [1.29, 1.82) is 0 Å². The standard InChI is InChI=1S/C5H7NO4S/c1-3-5(11(7,8)9)4(2)10-6-3/h1-2H3,(H,7,8,9). The lowest BCUT2D eigenvalue weighted by atomic mass is 10.4. The van der Waals surface area contributed by atoms with Gasteiger partial charge in [-0.05, 0) is 13.8 Å². The Balaban J connectivity index is 3.45. The molecule has 0 bridgehead atoms. The van der Waals surface area contributed by atoms with Gasteiger partial charge in [-0.15, -0.1) is 0 Å². The van der Waals surface area contributed by atoms with Gasteiger partial charge in [0, 0.05) is 0 Å². The predicted molar refractivity (Wildman–Crippen MR) is 35.8 cm³/mol. The lowest BCUT2D eigenvalue weighted by Crippen LogP contribution is -2.00. The lowest BCUT2D eigenvalue weighted by Gasteiger charge is -1.91. The first-order valence-electron chi connectivity index (χ1n) is 2.83. The fraction of sp³-hybridized carbons (Fsp3) is 0.400. The second kappa shape index (κ2) is 2.31. The van der Waals surface area contributed by atoms with Crippen LogP contribution in [0.4, 0.5) is 0 Å². The highest BCUT2D eigenvalue weighted by Gasteiger charge is 2.20. The summed E-state index contributed by atoms with van der Waals surface area (Å²) in [4.78, 5) is -0.238. The number of aromatic nitrogens is 1. The Morgan fingerprint density at radius 3 is 2.18 bits per heavy atom. The zero-order chi connectivity index (χ0) is 8.65. The van der Waals surface area contributed by atoms with Crippen LogP contribution in [0.15, 0.2) is 9.42 Å². The summed E-state index contributed by atoms with van der Waals surface area (Å²) in [7, 11) is -4.18. The van der Waals surface area contributed by atoms with Gasteiger partial charge in [0.2, 0.25) is 0 Å². The summed E-state index contributed by atoms with van der Waals surface area (Å²) in [5.74, 6) is 0.102. The minimum atomic E-state index is -4.18. The van der Waals surface area contributed by atoms with Crippen molar-refractivity contribution in [3.63, 3.8) is 0 Å². The van der Waals surface area contributed by atoms with Crippen molar-refractivity contribution in [2.24, 2.45) is 0 Å². The number of rotatable bonds is 1. The predicted octanol–water partition coefficient (Wildman–Crippen LogP) is 0.538. The largest absolute Gasteiger partial charge is 0.360 e. The van der Waals surface area contributed by atoms with E-state index in [2.05, 4.69) is 9.68 Å². The zero-order valence-electron chi connectivity index (χ0n) is 6.03. The second-order valence-electron chi connectivity index (χ2n) is 2.13. The quantitative estimate of drug-likeness (QED) is 0.633. The Kier molecular flexibility index (Phi) is 1.73. The van der Waals surface area contributed by atoms with Gasteiger partial charge in [-0.3, -0.25) is 4.55 Å². The molecule has 1 N–H and O–H groups in total. The number of aryl methyl sites for hydroxylation is 2. The molecule has 0 radical (unpaired) electrons. The molecule has 5 nitrogen and oxygen atoms in total. The molecule has 0 aromatic carbocycles. The topological polar surface area (TPSA) is 80.4 Å². The maximum Gasteiger partial charge on any atom is 0.299 e. The summed E-state index contributed by atoms with van der Waals surface area (Å²) in [5.41, 5.74) is 0.171. The molecule has 6 heteroatoms. The van der Waals surface area contributed by atoms with Crippen LogP contribution in [-0.4, -0.2) is 18.1 Å². The first kappa shape index (κ1) is 8.22. The summed E-state index contributed by atoms with van der Waals surface area (Å²) >= 11 is 0. The highest BCUT2D eigenvalue weighted by Crippen LogP contribution is 2.17. The molecular weight excluding hydrogens is 170 g/mol. The second-order valence-corrected chi connectivity index (χ2v) is 3.49. The molecule has 0 saturated heterocycles. The van der Waals surface area contributed by atoms with E-state index in [0.717, 1.165) is 0 Å². The van der Waals surface area contributed by atoms with Crippen molar-refractivity contribution in [2.75, 3.05) is 0 Å². The molecule has 1 rings (SSSR count). The average Bonchev–Trinajstić information content (AvgIpc) is 2.08. The summed E-state index contributed by atoms with van der Waals surface area (Å²) < 4.78 is 34.3. The van der Waals surface area contributed by atoms with E-state index in [4.69, 9.17) is 4.55 Å². The van der Waals surface area contributed by atoms with Gasteiger partial charge in [-0.2, -0.15) is 8.42 Å². The van der Waals surface area contributed by atoms with Crippen molar-refractivity contribution in [3.8, 4) is 0 Å². The minimum absolute atomic E-state index is 0.102. The summed E-state index contributed by atoms with van der Waals surface area (Å²) in [6.07, 6.45) is 0. The minimum Gasteiger partial charge on any atom is -0.360 e. The molecule has 0 atom stereocenters. The number of hydrogen-bond acceptors (Lipinski definition) is 4. The monoisotopic (exact) mass is 177 g/mol. The molecule has 0 aliphatic carbocycles. The first-order chi connectivity index (χ1) is 4.93. The SMILES string of the molecule is Cc1noc(C)c1S(=O)(=O)O. The molecule has 0 aliphatic rings. The lowest BCUT2D eigenvalue weighted by molar-refractivity contribution is 0.389. The molecule has 1 heterocycles. The van der Waals surface area contributed by atoms with E-state index in [-0.39, 0.29) is 16.3 Å². The average molecular weight is 177 g/mol. The van der Waals surface area contributed by atoms with E-state index in [1.807, 2.05) is 0 Å². The van der Waals surface area contributed by atoms with Crippen LogP contribution in [0.5, 0.6) is 0 Å². The number of hydrogen-bond donors (Lipinski definition) is 1. The molecule has 0 saturated carbocycles. The van der Waals surface area contributed by atoms with Gasteiger partial charge < -0.3 is 4.52 Å². The Morgan fingerprint density at radius 1 is 1.45 bits per heavy atom. The van der Waals surface area contributed by atoms with E-state index in [9.17, 15) is 8.42 Å². The van der Waals surface area contributed by atoms with Crippen molar-refractivity contribution in [1.82, 2.24) is 5.16 Å². The van der Waals surface area contributed by atoms with Crippen LogP contribution in [0.2, 0.25) is 0 Å². The maximum absolute atomic E-state index is 10.6. The van der Waals surface area contributed by atoms with Crippen LogP contribution in [0.3, 0.4) is 0 Å². The van der Waals surface area contributed by atoms with E-state index >= 15 is 0 Å². The number of nitrogens with zero attached hydrogens (tertiary/aromatic N) is 1. The molecule has 0 spiro atoms. The van der Waals surface area contributed by atoms with E-state index in [1.165, 1.54) is 13.8 Å². The van der Waals surface area contributed by atoms with Crippen molar-refractivity contribution < 1.29 is 17.5 Å².